The number of anilines is 1. The molecular weight excluding hydrogens is 403 g/mol. The number of amides is 2. The third-order valence-corrected chi connectivity index (χ3v) is 5.14. The Morgan fingerprint density at radius 1 is 1.07 bits per heavy atom. The highest BCUT2D eigenvalue weighted by molar-refractivity contribution is 7.09. The number of nitrogens with zero attached hydrogens (tertiary/aromatic N) is 2. The second kappa shape index (κ2) is 8.87. The first-order valence-corrected chi connectivity index (χ1v) is 10.2. The largest absolute Gasteiger partial charge is 0.444 e. The van der Waals surface area contributed by atoms with Crippen molar-refractivity contribution in [2.24, 2.45) is 0 Å². The molecule has 0 bridgehead atoms. The summed E-state index contributed by atoms with van der Waals surface area (Å²) in [7, 11) is 0. The molecule has 0 aliphatic heterocycles. The summed E-state index contributed by atoms with van der Waals surface area (Å²) in [6.07, 6.45) is 2.05. The predicted molar refractivity (Wildman–Crippen MR) is 115 cm³/mol. The van der Waals surface area contributed by atoms with Crippen molar-refractivity contribution in [1.82, 2.24) is 15.3 Å². The summed E-state index contributed by atoms with van der Waals surface area (Å²) in [4.78, 5) is 20.9. The van der Waals surface area contributed by atoms with Gasteiger partial charge in [-0.3, -0.25) is 0 Å². The molecule has 0 unspecified atom stereocenters. The Morgan fingerprint density at radius 2 is 1.80 bits per heavy atom. The number of hydrogen-bond donors (Lipinski definition) is 2. The second-order valence-electron chi connectivity index (χ2n) is 6.61. The van der Waals surface area contributed by atoms with Gasteiger partial charge in [0.1, 0.15) is 12.1 Å². The third kappa shape index (κ3) is 4.90. The summed E-state index contributed by atoms with van der Waals surface area (Å²) in [6.45, 7) is 2.37. The second-order valence-corrected chi connectivity index (χ2v) is 7.67. The molecular formula is C22H19FN4O2S. The van der Waals surface area contributed by atoms with Crippen molar-refractivity contribution in [3.05, 3.63) is 76.7 Å². The van der Waals surface area contributed by atoms with Crippen LogP contribution in [0.1, 0.15) is 10.7 Å². The minimum atomic E-state index is -0.311. The van der Waals surface area contributed by atoms with Crippen molar-refractivity contribution >= 4 is 23.1 Å². The van der Waals surface area contributed by atoms with E-state index in [4.69, 9.17) is 4.42 Å². The molecule has 2 N–H and O–H groups in total. The molecule has 0 saturated heterocycles. The van der Waals surface area contributed by atoms with Crippen LogP contribution in [0.15, 0.2) is 64.6 Å². The molecule has 2 heterocycles. The third-order valence-electron chi connectivity index (χ3n) is 4.37. The monoisotopic (exact) mass is 422 g/mol. The maximum atomic E-state index is 13.0. The quantitative estimate of drug-likeness (QED) is 0.443. The van der Waals surface area contributed by atoms with E-state index in [-0.39, 0.29) is 11.8 Å². The fraction of sp³-hybridized carbons (Fsp3) is 0.136. The summed E-state index contributed by atoms with van der Waals surface area (Å²) in [5.41, 5.74) is 4.04. The number of carbonyl (C=O) groups is 1. The highest BCUT2D eigenvalue weighted by Crippen LogP contribution is 2.23. The number of aromatic nitrogens is 2. The number of urea groups is 1. The fourth-order valence-corrected chi connectivity index (χ4v) is 3.47. The smallest absolute Gasteiger partial charge is 0.319 e. The number of nitrogens with one attached hydrogen (secondary N) is 2. The van der Waals surface area contributed by atoms with Gasteiger partial charge < -0.3 is 15.1 Å². The van der Waals surface area contributed by atoms with Crippen molar-refractivity contribution in [1.29, 1.82) is 0 Å². The van der Waals surface area contributed by atoms with Crippen LogP contribution in [0.5, 0.6) is 0 Å². The van der Waals surface area contributed by atoms with Crippen LogP contribution in [0.4, 0.5) is 14.9 Å². The van der Waals surface area contributed by atoms with Crippen LogP contribution in [0.3, 0.4) is 0 Å². The van der Waals surface area contributed by atoms with Crippen molar-refractivity contribution in [3.63, 3.8) is 0 Å². The van der Waals surface area contributed by atoms with E-state index in [0.717, 1.165) is 16.3 Å². The zero-order valence-electron chi connectivity index (χ0n) is 16.2. The molecule has 0 saturated carbocycles. The number of rotatable bonds is 6. The Bertz CT molecular complexity index is 1140. The van der Waals surface area contributed by atoms with Crippen LogP contribution in [0, 0.1) is 12.7 Å². The van der Waals surface area contributed by atoms with E-state index in [1.807, 2.05) is 36.6 Å². The van der Waals surface area contributed by atoms with Crippen LogP contribution in [0.25, 0.3) is 22.7 Å². The Hall–Kier alpha value is -3.52. The Labute approximate surface area is 176 Å². The number of halogens is 1. The molecule has 8 heteroatoms. The number of aryl methyl sites for hydroxylation is 1. The van der Waals surface area contributed by atoms with Crippen molar-refractivity contribution < 1.29 is 13.6 Å². The lowest BCUT2D eigenvalue weighted by Crippen LogP contribution is -2.30. The molecule has 2 aromatic carbocycles. The van der Waals surface area contributed by atoms with E-state index in [1.54, 1.807) is 23.5 Å². The first kappa shape index (κ1) is 19.8. The molecule has 0 aliphatic carbocycles. The first-order chi connectivity index (χ1) is 14.6. The highest BCUT2D eigenvalue weighted by Gasteiger charge is 2.08. The van der Waals surface area contributed by atoms with Crippen molar-refractivity contribution in [3.8, 4) is 22.7 Å². The van der Waals surface area contributed by atoms with Crippen LogP contribution in [0.2, 0.25) is 0 Å². The maximum Gasteiger partial charge on any atom is 0.319 e. The zero-order valence-corrected chi connectivity index (χ0v) is 17.0. The van der Waals surface area contributed by atoms with Gasteiger partial charge in [0.2, 0.25) is 5.89 Å². The van der Waals surface area contributed by atoms with E-state index in [0.29, 0.717) is 35.8 Å². The minimum absolute atomic E-state index is 0.297. The summed E-state index contributed by atoms with van der Waals surface area (Å²) < 4.78 is 18.4. The molecule has 4 rings (SSSR count). The van der Waals surface area contributed by atoms with E-state index < -0.39 is 0 Å². The number of thiazole rings is 1. The van der Waals surface area contributed by atoms with E-state index >= 15 is 0 Å². The Morgan fingerprint density at radius 3 is 2.50 bits per heavy atom. The summed E-state index contributed by atoms with van der Waals surface area (Å²) in [6, 6.07) is 13.2. The van der Waals surface area contributed by atoms with Gasteiger partial charge in [-0.2, -0.15) is 0 Å². The van der Waals surface area contributed by atoms with Gasteiger partial charge >= 0.3 is 6.03 Å². The molecule has 0 radical (unpaired) electrons. The normalized spacial score (nSPS) is 10.7. The number of carbonyl (C=O) groups excluding carboxylic acids is 1. The van der Waals surface area contributed by atoms with Crippen LogP contribution < -0.4 is 10.6 Å². The van der Waals surface area contributed by atoms with Gasteiger partial charge in [-0.05, 0) is 43.3 Å². The summed E-state index contributed by atoms with van der Waals surface area (Å²) in [5, 5.41) is 8.62. The number of hydrogen-bond acceptors (Lipinski definition) is 5. The van der Waals surface area contributed by atoms with Gasteiger partial charge in [0.25, 0.3) is 0 Å². The molecule has 4 aromatic rings. The first-order valence-electron chi connectivity index (χ1n) is 9.34. The number of oxazole rings is 1. The van der Waals surface area contributed by atoms with Crippen molar-refractivity contribution in [2.75, 3.05) is 11.9 Å². The molecule has 0 aliphatic rings. The Kier molecular flexibility index (Phi) is 5.85. The molecule has 0 fully saturated rings. The zero-order chi connectivity index (χ0) is 20.9. The van der Waals surface area contributed by atoms with Crippen molar-refractivity contribution in [2.45, 2.75) is 13.3 Å². The van der Waals surface area contributed by atoms with Gasteiger partial charge in [0, 0.05) is 35.2 Å². The standard InChI is InChI=1S/C22H19FN4O2S/c1-14-25-20(13-30-14)15-4-8-18(9-5-15)27-22(28)24-11-10-19-12-29-21(26-19)16-2-6-17(23)7-3-16/h2-9,12-13H,10-11H2,1H3,(H2,24,27,28). The van der Waals surface area contributed by atoms with Gasteiger partial charge in [-0.25, -0.2) is 19.2 Å². The SMILES string of the molecule is Cc1nc(-c2ccc(NC(=O)NCCc3coc(-c4ccc(F)cc4)n3)cc2)cs1. The minimum Gasteiger partial charge on any atom is -0.444 e. The van der Waals surface area contributed by atoms with E-state index in [2.05, 4.69) is 20.6 Å². The number of benzene rings is 2. The summed E-state index contributed by atoms with van der Waals surface area (Å²) >= 11 is 1.60. The molecule has 152 valence electrons. The molecule has 0 atom stereocenters. The fourth-order valence-electron chi connectivity index (χ4n) is 2.85. The molecule has 2 amide bonds. The van der Waals surface area contributed by atoms with Gasteiger partial charge in [0.15, 0.2) is 0 Å². The average Bonchev–Trinajstić information content (AvgIpc) is 3.38. The molecule has 6 nitrogen and oxygen atoms in total. The van der Waals surface area contributed by atoms with Gasteiger partial charge in [-0.15, -0.1) is 11.3 Å². The van der Waals surface area contributed by atoms with E-state index in [1.165, 1.54) is 18.4 Å². The lowest BCUT2D eigenvalue weighted by molar-refractivity contribution is 0.252. The van der Waals surface area contributed by atoms with Crippen LogP contribution in [-0.2, 0) is 6.42 Å². The lowest BCUT2D eigenvalue weighted by atomic mass is 10.1. The molecule has 0 spiro atoms. The van der Waals surface area contributed by atoms with Crippen LogP contribution in [-0.4, -0.2) is 22.5 Å². The van der Waals surface area contributed by atoms with E-state index in [9.17, 15) is 9.18 Å². The summed E-state index contributed by atoms with van der Waals surface area (Å²) in [5.74, 6) is 0.110. The van der Waals surface area contributed by atoms with Crippen LogP contribution >= 0.6 is 11.3 Å². The lowest BCUT2D eigenvalue weighted by Gasteiger charge is -2.07. The maximum absolute atomic E-state index is 13.0. The average molecular weight is 422 g/mol. The molecule has 2 aromatic heterocycles. The van der Waals surface area contributed by atoms with Gasteiger partial charge in [0.05, 0.1) is 16.4 Å². The highest BCUT2D eigenvalue weighted by atomic mass is 32.1. The predicted octanol–water partition coefficient (Wildman–Crippen LogP) is 5.28. The van der Waals surface area contributed by atoms with Gasteiger partial charge in [-0.1, -0.05) is 12.1 Å². The topological polar surface area (TPSA) is 80.0 Å². The molecule has 30 heavy (non-hydrogen) atoms. The Balaban J connectivity index is 1.26.